The molecule has 4 nitrogen and oxygen atoms in total. The Morgan fingerprint density at radius 3 is 2.61 bits per heavy atom. The second-order valence-corrected chi connectivity index (χ2v) is 5.61. The van der Waals surface area contributed by atoms with E-state index in [0.29, 0.717) is 10.7 Å². The summed E-state index contributed by atoms with van der Waals surface area (Å²) >= 11 is 6.00. The zero-order chi connectivity index (χ0) is 13.3. The van der Waals surface area contributed by atoms with Gasteiger partial charge in [-0.1, -0.05) is 11.6 Å². The standard InChI is InChI=1S/C13H20ClN3O/c1-9(2)17-8-10(14)7-12(17)13(18)16-5-3-11(15)4-6-16/h7-9,11H,3-6,15H2,1-2H3. The Kier molecular flexibility index (Phi) is 3.97. The maximum Gasteiger partial charge on any atom is 0.270 e. The van der Waals surface area contributed by atoms with Crippen LogP contribution in [0.4, 0.5) is 0 Å². The highest BCUT2D eigenvalue weighted by molar-refractivity contribution is 6.31. The minimum absolute atomic E-state index is 0.0579. The molecule has 1 aromatic heterocycles. The third-order valence-corrected chi connectivity index (χ3v) is 3.62. The lowest BCUT2D eigenvalue weighted by atomic mass is 10.1. The van der Waals surface area contributed by atoms with E-state index in [-0.39, 0.29) is 18.0 Å². The fraction of sp³-hybridized carbons (Fsp3) is 0.615. The molecule has 100 valence electrons. The second-order valence-electron chi connectivity index (χ2n) is 5.17. The summed E-state index contributed by atoms with van der Waals surface area (Å²) in [4.78, 5) is 14.3. The summed E-state index contributed by atoms with van der Waals surface area (Å²) in [5, 5.41) is 0.612. The van der Waals surface area contributed by atoms with Crippen molar-refractivity contribution < 1.29 is 4.79 Å². The molecule has 1 saturated heterocycles. The van der Waals surface area contributed by atoms with Gasteiger partial charge in [0.1, 0.15) is 5.69 Å². The normalized spacial score (nSPS) is 17.5. The summed E-state index contributed by atoms with van der Waals surface area (Å²) in [6, 6.07) is 2.20. The highest BCUT2D eigenvalue weighted by Gasteiger charge is 2.24. The lowest BCUT2D eigenvalue weighted by molar-refractivity contribution is 0.0702. The molecule has 2 rings (SSSR count). The van der Waals surface area contributed by atoms with Crippen molar-refractivity contribution in [3.63, 3.8) is 0 Å². The van der Waals surface area contributed by atoms with Gasteiger partial charge in [-0.2, -0.15) is 0 Å². The molecular formula is C13H20ClN3O. The number of halogens is 1. The van der Waals surface area contributed by atoms with Gasteiger partial charge in [0, 0.05) is 31.4 Å². The summed E-state index contributed by atoms with van der Waals surface area (Å²) in [5.41, 5.74) is 6.53. The Bertz CT molecular complexity index is 433. The third kappa shape index (κ3) is 2.70. The van der Waals surface area contributed by atoms with E-state index in [1.54, 1.807) is 6.07 Å². The zero-order valence-electron chi connectivity index (χ0n) is 10.9. The summed E-state index contributed by atoms with van der Waals surface area (Å²) in [7, 11) is 0. The fourth-order valence-corrected chi connectivity index (χ4v) is 2.52. The number of nitrogens with two attached hydrogens (primary N) is 1. The van der Waals surface area contributed by atoms with Crippen LogP contribution in [0.15, 0.2) is 12.3 Å². The van der Waals surface area contributed by atoms with E-state index in [1.807, 2.05) is 29.5 Å². The minimum atomic E-state index is 0.0579. The average molecular weight is 270 g/mol. The molecular weight excluding hydrogens is 250 g/mol. The highest BCUT2D eigenvalue weighted by Crippen LogP contribution is 2.21. The fourth-order valence-electron chi connectivity index (χ4n) is 2.31. The van der Waals surface area contributed by atoms with E-state index >= 15 is 0 Å². The van der Waals surface area contributed by atoms with Gasteiger partial charge in [-0.3, -0.25) is 4.79 Å². The molecule has 18 heavy (non-hydrogen) atoms. The van der Waals surface area contributed by atoms with Crippen molar-refractivity contribution in [2.75, 3.05) is 13.1 Å². The molecule has 0 atom stereocenters. The van der Waals surface area contributed by atoms with Crippen molar-refractivity contribution in [2.24, 2.45) is 5.73 Å². The molecule has 2 heterocycles. The van der Waals surface area contributed by atoms with Crippen molar-refractivity contribution in [1.82, 2.24) is 9.47 Å². The van der Waals surface area contributed by atoms with Crippen LogP contribution < -0.4 is 5.73 Å². The van der Waals surface area contributed by atoms with Gasteiger partial charge >= 0.3 is 0 Å². The van der Waals surface area contributed by atoms with E-state index in [9.17, 15) is 4.79 Å². The van der Waals surface area contributed by atoms with Crippen LogP contribution in [0.25, 0.3) is 0 Å². The molecule has 1 fully saturated rings. The maximum atomic E-state index is 12.5. The van der Waals surface area contributed by atoms with Gasteiger partial charge in [-0.15, -0.1) is 0 Å². The first-order chi connectivity index (χ1) is 8.49. The Morgan fingerprint density at radius 2 is 2.06 bits per heavy atom. The zero-order valence-corrected chi connectivity index (χ0v) is 11.7. The molecule has 0 aliphatic carbocycles. The summed E-state index contributed by atoms with van der Waals surface area (Å²) in [5.74, 6) is 0.0579. The van der Waals surface area contributed by atoms with E-state index in [1.165, 1.54) is 0 Å². The largest absolute Gasteiger partial charge is 0.339 e. The number of hydrogen-bond acceptors (Lipinski definition) is 2. The quantitative estimate of drug-likeness (QED) is 0.896. The van der Waals surface area contributed by atoms with Gasteiger partial charge in [-0.05, 0) is 32.8 Å². The van der Waals surface area contributed by atoms with Gasteiger partial charge in [0.2, 0.25) is 0 Å². The molecule has 1 aliphatic rings. The van der Waals surface area contributed by atoms with E-state index < -0.39 is 0 Å². The lowest BCUT2D eigenvalue weighted by Crippen LogP contribution is -2.43. The average Bonchev–Trinajstić information content (AvgIpc) is 2.71. The molecule has 0 unspecified atom stereocenters. The minimum Gasteiger partial charge on any atom is -0.339 e. The molecule has 1 amide bonds. The van der Waals surface area contributed by atoms with Crippen LogP contribution in [-0.4, -0.2) is 34.5 Å². The van der Waals surface area contributed by atoms with Crippen LogP contribution in [0.5, 0.6) is 0 Å². The molecule has 1 aliphatic heterocycles. The Hall–Kier alpha value is -1.00. The topological polar surface area (TPSA) is 51.3 Å². The number of piperidine rings is 1. The van der Waals surface area contributed by atoms with Gasteiger partial charge in [-0.25, -0.2) is 0 Å². The van der Waals surface area contributed by atoms with Crippen LogP contribution in [0.3, 0.4) is 0 Å². The third-order valence-electron chi connectivity index (χ3n) is 3.42. The van der Waals surface area contributed by atoms with Crippen molar-refractivity contribution in [1.29, 1.82) is 0 Å². The Morgan fingerprint density at radius 1 is 1.44 bits per heavy atom. The Balaban J connectivity index is 2.18. The predicted molar refractivity (Wildman–Crippen MR) is 72.9 cm³/mol. The number of likely N-dealkylation sites (tertiary alicyclic amines) is 1. The van der Waals surface area contributed by atoms with Gasteiger partial charge in [0.05, 0.1) is 5.02 Å². The van der Waals surface area contributed by atoms with Crippen LogP contribution in [-0.2, 0) is 0 Å². The van der Waals surface area contributed by atoms with Gasteiger partial charge in [0.15, 0.2) is 0 Å². The molecule has 0 bridgehead atoms. The Labute approximate surface area is 113 Å². The van der Waals surface area contributed by atoms with E-state index in [2.05, 4.69) is 0 Å². The molecule has 0 radical (unpaired) electrons. The van der Waals surface area contributed by atoms with Gasteiger partial charge < -0.3 is 15.2 Å². The molecule has 0 aromatic carbocycles. The number of rotatable bonds is 2. The van der Waals surface area contributed by atoms with Crippen molar-refractivity contribution in [3.8, 4) is 0 Å². The first kappa shape index (κ1) is 13.4. The number of nitrogens with zero attached hydrogens (tertiary/aromatic N) is 2. The number of amides is 1. The summed E-state index contributed by atoms with van der Waals surface area (Å²) in [6.45, 7) is 5.56. The lowest BCUT2D eigenvalue weighted by Gasteiger charge is -2.30. The molecule has 0 spiro atoms. The van der Waals surface area contributed by atoms with Crippen LogP contribution in [0, 0.1) is 0 Å². The van der Waals surface area contributed by atoms with Crippen LogP contribution >= 0.6 is 11.6 Å². The second kappa shape index (κ2) is 5.33. The van der Waals surface area contributed by atoms with Crippen LogP contribution in [0.2, 0.25) is 5.02 Å². The number of hydrogen-bond donors (Lipinski definition) is 1. The monoisotopic (exact) mass is 269 g/mol. The van der Waals surface area contributed by atoms with Crippen molar-refractivity contribution in [3.05, 3.63) is 23.0 Å². The molecule has 5 heteroatoms. The van der Waals surface area contributed by atoms with Crippen LogP contribution in [0.1, 0.15) is 43.2 Å². The predicted octanol–water partition coefficient (Wildman–Crippen LogP) is 2.29. The number of aromatic nitrogens is 1. The molecule has 1 aromatic rings. The van der Waals surface area contributed by atoms with E-state index in [0.717, 1.165) is 25.9 Å². The highest BCUT2D eigenvalue weighted by atomic mass is 35.5. The SMILES string of the molecule is CC(C)n1cc(Cl)cc1C(=O)N1CCC(N)CC1. The van der Waals surface area contributed by atoms with E-state index in [4.69, 9.17) is 17.3 Å². The smallest absolute Gasteiger partial charge is 0.270 e. The summed E-state index contributed by atoms with van der Waals surface area (Å²) in [6.07, 6.45) is 3.57. The molecule has 0 saturated carbocycles. The van der Waals surface area contributed by atoms with Crippen molar-refractivity contribution >= 4 is 17.5 Å². The van der Waals surface area contributed by atoms with Crippen molar-refractivity contribution in [2.45, 2.75) is 38.8 Å². The molecule has 2 N–H and O–H groups in total. The first-order valence-corrected chi connectivity index (χ1v) is 6.79. The number of carbonyl (C=O) groups is 1. The summed E-state index contributed by atoms with van der Waals surface area (Å²) < 4.78 is 1.93. The van der Waals surface area contributed by atoms with Gasteiger partial charge in [0.25, 0.3) is 5.91 Å². The maximum absolute atomic E-state index is 12.5. The first-order valence-electron chi connectivity index (χ1n) is 6.41. The number of carbonyl (C=O) groups excluding carboxylic acids is 1.